The molecule has 0 saturated carbocycles. The molecule has 1 atom stereocenters. The molecule has 1 aromatic heterocycles. The molecule has 0 spiro atoms. The fraction of sp³-hybridized carbons (Fsp3) is 0.524. The van der Waals surface area contributed by atoms with Crippen LogP contribution in [0.5, 0.6) is 5.75 Å². The molecule has 29 heavy (non-hydrogen) atoms. The van der Waals surface area contributed by atoms with Crippen molar-refractivity contribution in [3.8, 4) is 5.75 Å². The predicted molar refractivity (Wildman–Crippen MR) is 109 cm³/mol. The van der Waals surface area contributed by atoms with Crippen molar-refractivity contribution >= 4 is 11.8 Å². The summed E-state index contributed by atoms with van der Waals surface area (Å²) >= 11 is 0. The molecule has 1 aliphatic rings. The summed E-state index contributed by atoms with van der Waals surface area (Å²) in [7, 11) is 1.64. The molecule has 0 radical (unpaired) electrons. The number of ether oxygens (including phenoxy) is 1. The van der Waals surface area contributed by atoms with Crippen molar-refractivity contribution in [2.75, 3.05) is 20.2 Å². The third-order valence-corrected chi connectivity index (χ3v) is 5.07. The minimum atomic E-state index is -0.227. The maximum absolute atomic E-state index is 12.7. The van der Waals surface area contributed by atoms with Gasteiger partial charge >= 0.3 is 0 Å². The van der Waals surface area contributed by atoms with E-state index in [2.05, 4.69) is 15.6 Å². The maximum Gasteiger partial charge on any atom is 0.273 e. The first kappa shape index (κ1) is 20.8. The van der Waals surface area contributed by atoms with Gasteiger partial charge in [0, 0.05) is 25.6 Å². The van der Waals surface area contributed by atoms with Crippen LogP contribution in [0.1, 0.15) is 55.2 Å². The Balaban J connectivity index is 1.55. The third kappa shape index (κ3) is 5.56. The molecule has 1 aromatic carbocycles. The van der Waals surface area contributed by atoms with E-state index >= 15 is 0 Å². The van der Waals surface area contributed by atoms with Gasteiger partial charge < -0.3 is 15.0 Å². The highest BCUT2D eigenvalue weighted by Gasteiger charge is 2.26. The van der Waals surface area contributed by atoms with Gasteiger partial charge in [0.2, 0.25) is 5.91 Å². The van der Waals surface area contributed by atoms with Crippen molar-refractivity contribution in [2.45, 2.75) is 51.6 Å². The summed E-state index contributed by atoms with van der Waals surface area (Å²) in [5.74, 6) is 0.728. The zero-order valence-corrected chi connectivity index (χ0v) is 17.3. The average molecular weight is 399 g/mol. The number of aryl methyl sites for hydroxylation is 1. The Labute approximate surface area is 171 Å². The molecule has 156 valence electrons. The Hall–Kier alpha value is -2.90. The molecular formula is C21H29N5O3. The van der Waals surface area contributed by atoms with Gasteiger partial charge in [-0.2, -0.15) is 0 Å². The van der Waals surface area contributed by atoms with E-state index in [1.807, 2.05) is 43.0 Å². The standard InChI is InChI=1S/C21H29N5O3/c1-15(2)22-21(28)19-14-26(24-23-19)17-5-4-12-25(13-17)20(27)11-8-16-6-9-18(29-3)10-7-16/h6-7,9-10,14-15,17H,4-5,8,11-13H2,1-3H3,(H,22,28)/t17-/m0/s1. The van der Waals surface area contributed by atoms with Gasteiger partial charge in [-0.15, -0.1) is 5.10 Å². The molecule has 1 fully saturated rings. The molecule has 0 bridgehead atoms. The lowest BCUT2D eigenvalue weighted by atomic mass is 10.0. The van der Waals surface area contributed by atoms with Crippen molar-refractivity contribution < 1.29 is 14.3 Å². The van der Waals surface area contributed by atoms with E-state index in [1.165, 1.54) is 0 Å². The first-order valence-corrected chi connectivity index (χ1v) is 10.1. The number of methoxy groups -OCH3 is 1. The fourth-order valence-electron chi connectivity index (χ4n) is 3.49. The van der Waals surface area contributed by atoms with E-state index in [0.29, 0.717) is 25.1 Å². The van der Waals surface area contributed by atoms with Crippen LogP contribution in [-0.2, 0) is 11.2 Å². The van der Waals surface area contributed by atoms with E-state index in [1.54, 1.807) is 18.0 Å². The minimum absolute atomic E-state index is 0.0427. The maximum atomic E-state index is 12.7. The molecule has 2 aromatic rings. The van der Waals surface area contributed by atoms with Gasteiger partial charge in [0.05, 0.1) is 19.3 Å². The second-order valence-corrected chi connectivity index (χ2v) is 7.70. The van der Waals surface area contributed by atoms with Gasteiger partial charge in [-0.1, -0.05) is 17.3 Å². The average Bonchev–Trinajstić information content (AvgIpc) is 3.22. The summed E-state index contributed by atoms with van der Waals surface area (Å²) < 4.78 is 6.89. The van der Waals surface area contributed by atoms with Crippen LogP contribution in [0.2, 0.25) is 0 Å². The molecule has 1 aliphatic heterocycles. The summed E-state index contributed by atoms with van der Waals surface area (Å²) in [5.41, 5.74) is 1.42. The lowest BCUT2D eigenvalue weighted by molar-refractivity contribution is -0.132. The van der Waals surface area contributed by atoms with Crippen LogP contribution in [0.15, 0.2) is 30.5 Å². The number of carbonyl (C=O) groups is 2. The van der Waals surface area contributed by atoms with E-state index < -0.39 is 0 Å². The summed E-state index contributed by atoms with van der Waals surface area (Å²) in [6, 6.07) is 7.89. The summed E-state index contributed by atoms with van der Waals surface area (Å²) in [4.78, 5) is 26.7. The van der Waals surface area contributed by atoms with Crippen LogP contribution in [0.3, 0.4) is 0 Å². The fourth-order valence-corrected chi connectivity index (χ4v) is 3.49. The van der Waals surface area contributed by atoms with Gasteiger partial charge in [-0.3, -0.25) is 9.59 Å². The monoisotopic (exact) mass is 399 g/mol. The number of hydrogen-bond acceptors (Lipinski definition) is 5. The number of nitrogens with zero attached hydrogens (tertiary/aromatic N) is 4. The summed E-state index contributed by atoms with van der Waals surface area (Å²) in [5, 5.41) is 10.9. The molecule has 8 nitrogen and oxygen atoms in total. The van der Waals surface area contributed by atoms with Crippen LogP contribution in [-0.4, -0.2) is 57.9 Å². The third-order valence-electron chi connectivity index (χ3n) is 5.07. The second kappa shape index (κ2) is 9.54. The van der Waals surface area contributed by atoms with Crippen LogP contribution in [0.25, 0.3) is 0 Å². The van der Waals surface area contributed by atoms with Crippen molar-refractivity contribution in [1.82, 2.24) is 25.2 Å². The number of piperidine rings is 1. The first-order valence-electron chi connectivity index (χ1n) is 10.1. The molecule has 2 amide bonds. The Morgan fingerprint density at radius 3 is 2.72 bits per heavy atom. The molecule has 3 rings (SSSR count). The number of rotatable bonds is 7. The lowest BCUT2D eigenvalue weighted by Crippen LogP contribution is -2.41. The van der Waals surface area contributed by atoms with Crippen LogP contribution < -0.4 is 10.1 Å². The molecule has 0 unspecified atom stereocenters. The molecule has 8 heteroatoms. The number of likely N-dealkylation sites (tertiary alicyclic amines) is 1. The highest BCUT2D eigenvalue weighted by molar-refractivity contribution is 5.92. The van der Waals surface area contributed by atoms with Gasteiger partial charge in [0.25, 0.3) is 5.91 Å². The van der Waals surface area contributed by atoms with Crippen molar-refractivity contribution in [3.05, 3.63) is 41.7 Å². The van der Waals surface area contributed by atoms with Crippen LogP contribution in [0, 0.1) is 0 Å². The first-order chi connectivity index (χ1) is 14.0. The second-order valence-electron chi connectivity index (χ2n) is 7.70. The van der Waals surface area contributed by atoms with Gasteiger partial charge in [-0.05, 0) is 50.8 Å². The summed E-state index contributed by atoms with van der Waals surface area (Å²) in [6.07, 6.45) is 4.67. The topological polar surface area (TPSA) is 89.4 Å². The van der Waals surface area contributed by atoms with Gasteiger partial charge in [-0.25, -0.2) is 4.68 Å². The van der Waals surface area contributed by atoms with Crippen molar-refractivity contribution in [1.29, 1.82) is 0 Å². The number of aromatic nitrogens is 3. The number of hydrogen-bond donors (Lipinski definition) is 1. The van der Waals surface area contributed by atoms with Crippen molar-refractivity contribution in [2.24, 2.45) is 0 Å². The lowest BCUT2D eigenvalue weighted by Gasteiger charge is -2.32. The number of carbonyl (C=O) groups excluding carboxylic acids is 2. The molecule has 2 heterocycles. The van der Waals surface area contributed by atoms with Gasteiger partial charge in [0.15, 0.2) is 5.69 Å². The van der Waals surface area contributed by atoms with Gasteiger partial charge in [0.1, 0.15) is 5.75 Å². The smallest absolute Gasteiger partial charge is 0.273 e. The van der Waals surface area contributed by atoms with Crippen LogP contribution >= 0.6 is 0 Å². The Bertz CT molecular complexity index is 831. The highest BCUT2D eigenvalue weighted by Crippen LogP contribution is 2.22. The minimum Gasteiger partial charge on any atom is -0.497 e. The quantitative estimate of drug-likeness (QED) is 0.771. The molecule has 0 aliphatic carbocycles. The summed E-state index contributed by atoms with van der Waals surface area (Å²) in [6.45, 7) is 5.15. The van der Waals surface area contributed by atoms with Crippen molar-refractivity contribution in [3.63, 3.8) is 0 Å². The van der Waals surface area contributed by atoms with E-state index in [4.69, 9.17) is 4.74 Å². The molecule has 1 N–H and O–H groups in total. The largest absolute Gasteiger partial charge is 0.497 e. The normalized spacial score (nSPS) is 16.7. The van der Waals surface area contributed by atoms with Crippen LogP contribution in [0.4, 0.5) is 0 Å². The zero-order valence-electron chi connectivity index (χ0n) is 17.3. The predicted octanol–water partition coefficient (Wildman–Crippen LogP) is 2.22. The highest BCUT2D eigenvalue weighted by atomic mass is 16.5. The number of amides is 2. The van der Waals surface area contributed by atoms with E-state index in [0.717, 1.165) is 30.7 Å². The number of benzene rings is 1. The SMILES string of the molecule is COc1ccc(CCC(=O)N2CCC[C@H](n3cc(C(=O)NC(C)C)nn3)C2)cc1. The Kier molecular flexibility index (Phi) is 6.85. The number of nitrogens with one attached hydrogen (secondary N) is 1. The molecule has 1 saturated heterocycles. The Morgan fingerprint density at radius 1 is 1.28 bits per heavy atom. The Morgan fingerprint density at radius 2 is 2.03 bits per heavy atom. The van der Waals surface area contributed by atoms with E-state index in [-0.39, 0.29) is 23.9 Å². The molecular weight excluding hydrogens is 370 g/mol. The zero-order chi connectivity index (χ0) is 20.8. The van der Waals surface area contributed by atoms with E-state index in [9.17, 15) is 9.59 Å².